The number of carbonyl (C=O) groups excluding carboxylic acids is 2. The van der Waals surface area contributed by atoms with Gasteiger partial charge in [0.15, 0.2) is 11.7 Å². The highest BCUT2D eigenvalue weighted by molar-refractivity contribution is 7.80. The van der Waals surface area contributed by atoms with Gasteiger partial charge in [-0.3, -0.25) is 14.9 Å². The summed E-state index contributed by atoms with van der Waals surface area (Å²) in [7, 11) is 0. The highest BCUT2D eigenvalue weighted by Crippen LogP contribution is 2.33. The lowest BCUT2D eigenvalue weighted by atomic mass is 9.95. The lowest BCUT2D eigenvalue weighted by Gasteiger charge is -2.30. The zero-order chi connectivity index (χ0) is 25.4. The highest BCUT2D eigenvalue weighted by atomic mass is 32.1. The van der Waals surface area contributed by atoms with Crippen LogP contribution in [0, 0.1) is 10.1 Å². The van der Waals surface area contributed by atoms with Gasteiger partial charge in [-0.25, -0.2) is 10.2 Å². The summed E-state index contributed by atoms with van der Waals surface area (Å²) in [5.41, 5.74) is 4.38. The van der Waals surface area contributed by atoms with Crippen LogP contribution in [0.25, 0.3) is 0 Å². The van der Waals surface area contributed by atoms with E-state index >= 15 is 0 Å². The van der Waals surface area contributed by atoms with Crippen molar-refractivity contribution in [1.82, 2.24) is 16.1 Å². The Labute approximate surface area is 206 Å². The molecule has 3 rings (SSSR count). The number of carbonyl (C=O) groups is 2. The van der Waals surface area contributed by atoms with Gasteiger partial charge >= 0.3 is 5.97 Å². The van der Waals surface area contributed by atoms with Crippen molar-refractivity contribution in [2.75, 3.05) is 13.2 Å². The number of rotatable bonds is 9. The molecule has 12 heteroatoms. The summed E-state index contributed by atoms with van der Waals surface area (Å²) in [6.07, 6.45) is 1.36. The van der Waals surface area contributed by atoms with Gasteiger partial charge in [0.05, 0.1) is 29.4 Å². The number of nitrogens with zero attached hydrogens (tertiary/aromatic N) is 2. The topological polar surface area (TPSA) is 144 Å². The Hall–Kier alpha value is -4.32. The van der Waals surface area contributed by atoms with E-state index in [9.17, 15) is 19.7 Å². The molecule has 11 nitrogen and oxygen atoms in total. The van der Waals surface area contributed by atoms with Crippen molar-refractivity contribution in [2.24, 2.45) is 5.10 Å². The maximum absolute atomic E-state index is 12.6. The molecule has 0 saturated carbocycles. The summed E-state index contributed by atoms with van der Waals surface area (Å²) < 4.78 is 10.9. The molecule has 1 aliphatic heterocycles. The Morgan fingerprint density at radius 1 is 1.23 bits per heavy atom. The van der Waals surface area contributed by atoms with E-state index in [0.29, 0.717) is 33.3 Å². The third-order valence-corrected chi connectivity index (χ3v) is 5.08. The molecular formula is C23H23N5O6S. The molecule has 0 bridgehead atoms. The molecule has 35 heavy (non-hydrogen) atoms. The number of esters is 1. The molecule has 1 aliphatic rings. The number of hydrogen-bond acceptors (Lipinski definition) is 8. The summed E-state index contributed by atoms with van der Waals surface area (Å²) in [4.78, 5) is 35.0. The number of amides is 1. The molecule has 2 aromatic carbocycles. The largest absolute Gasteiger partial charge is 0.483 e. The van der Waals surface area contributed by atoms with E-state index in [1.807, 2.05) is 0 Å². The molecule has 0 saturated heterocycles. The van der Waals surface area contributed by atoms with Crippen molar-refractivity contribution < 1.29 is 24.0 Å². The minimum Gasteiger partial charge on any atom is -0.483 e. The van der Waals surface area contributed by atoms with Crippen LogP contribution >= 0.6 is 12.2 Å². The molecule has 1 atom stereocenters. The summed E-state index contributed by atoms with van der Waals surface area (Å²) in [6.45, 7) is 3.32. The van der Waals surface area contributed by atoms with E-state index < -0.39 is 22.8 Å². The minimum atomic E-state index is -0.637. The first kappa shape index (κ1) is 25.3. The number of non-ortho nitro benzene ring substituents is 1. The number of nitro groups is 1. The maximum atomic E-state index is 12.6. The normalized spacial score (nSPS) is 15.3. The number of ether oxygens (including phenoxy) is 2. The molecule has 0 unspecified atom stereocenters. The average Bonchev–Trinajstić information content (AvgIpc) is 2.83. The second-order valence-corrected chi connectivity index (χ2v) is 7.67. The SMILES string of the molecule is CCOC(=O)C1=C(C)NC(=S)N[C@@H]1c1ccccc1OCC(=O)NN=Cc1ccc([N+](=O)[O-])cc1. The molecule has 0 aliphatic carbocycles. The Balaban J connectivity index is 1.68. The molecule has 2 aromatic rings. The predicted molar refractivity (Wildman–Crippen MR) is 132 cm³/mol. The second kappa shape index (κ2) is 11.7. The first-order valence-electron chi connectivity index (χ1n) is 10.5. The van der Waals surface area contributed by atoms with Crippen LogP contribution in [0.3, 0.4) is 0 Å². The smallest absolute Gasteiger partial charge is 0.338 e. The Bertz CT molecular complexity index is 1200. The number of nitro benzene ring substituents is 1. The fourth-order valence-corrected chi connectivity index (χ4v) is 3.56. The molecule has 0 aromatic heterocycles. The van der Waals surface area contributed by atoms with Gasteiger partial charge in [0.1, 0.15) is 5.75 Å². The molecule has 3 N–H and O–H groups in total. The van der Waals surface area contributed by atoms with Gasteiger partial charge in [0, 0.05) is 23.4 Å². The quantitative estimate of drug-likeness (QED) is 0.156. The van der Waals surface area contributed by atoms with E-state index in [4.69, 9.17) is 21.7 Å². The lowest BCUT2D eigenvalue weighted by molar-refractivity contribution is -0.384. The van der Waals surface area contributed by atoms with Gasteiger partial charge in [0.2, 0.25) is 0 Å². The van der Waals surface area contributed by atoms with Gasteiger partial charge in [-0.1, -0.05) is 18.2 Å². The van der Waals surface area contributed by atoms with Crippen LogP contribution in [-0.2, 0) is 14.3 Å². The van der Waals surface area contributed by atoms with Crippen LogP contribution in [0.5, 0.6) is 5.75 Å². The maximum Gasteiger partial charge on any atom is 0.338 e. The van der Waals surface area contributed by atoms with Crippen molar-refractivity contribution >= 4 is 41.1 Å². The van der Waals surface area contributed by atoms with Crippen molar-refractivity contribution in [3.63, 3.8) is 0 Å². The van der Waals surface area contributed by atoms with Crippen LogP contribution in [0.1, 0.15) is 31.0 Å². The third-order valence-electron chi connectivity index (χ3n) is 4.86. The number of hydrazone groups is 1. The predicted octanol–water partition coefficient (Wildman–Crippen LogP) is 2.48. The van der Waals surface area contributed by atoms with Crippen molar-refractivity contribution in [3.05, 3.63) is 81.0 Å². The first-order chi connectivity index (χ1) is 16.8. The van der Waals surface area contributed by atoms with Crippen LogP contribution < -0.4 is 20.8 Å². The number of allylic oxidation sites excluding steroid dienone is 1. The van der Waals surface area contributed by atoms with Crippen LogP contribution in [-0.4, -0.2) is 41.3 Å². The first-order valence-corrected chi connectivity index (χ1v) is 10.9. The standard InChI is InChI=1S/C23H23N5O6S/c1-3-33-22(30)20-14(2)25-23(35)26-21(20)17-6-4-5-7-18(17)34-13-19(29)27-24-12-15-8-10-16(11-9-15)28(31)32/h4-12,21H,3,13H2,1-2H3,(H,27,29)(H2,25,26,35)/t21-/m1/s1. The Morgan fingerprint density at radius 3 is 2.63 bits per heavy atom. The number of thiocarbonyl (C=S) groups is 1. The van der Waals surface area contributed by atoms with Gasteiger partial charge < -0.3 is 20.1 Å². The van der Waals surface area contributed by atoms with Crippen molar-refractivity contribution in [3.8, 4) is 5.75 Å². The fourth-order valence-electron chi connectivity index (χ4n) is 3.29. The summed E-state index contributed by atoms with van der Waals surface area (Å²) in [5.74, 6) is -0.645. The van der Waals surface area contributed by atoms with E-state index in [-0.39, 0.29) is 18.9 Å². The van der Waals surface area contributed by atoms with E-state index in [0.717, 1.165) is 0 Å². The van der Waals surface area contributed by atoms with E-state index in [1.165, 1.54) is 30.5 Å². The number of hydrogen-bond donors (Lipinski definition) is 3. The average molecular weight is 498 g/mol. The van der Waals surface area contributed by atoms with Gasteiger partial charge in [-0.15, -0.1) is 0 Å². The zero-order valence-electron chi connectivity index (χ0n) is 18.9. The molecule has 182 valence electrons. The van der Waals surface area contributed by atoms with Crippen molar-refractivity contribution in [1.29, 1.82) is 0 Å². The molecule has 0 fully saturated rings. The highest BCUT2D eigenvalue weighted by Gasteiger charge is 2.32. The molecular weight excluding hydrogens is 474 g/mol. The fraction of sp³-hybridized carbons (Fsp3) is 0.217. The molecule has 1 amide bonds. The van der Waals surface area contributed by atoms with E-state index in [2.05, 4.69) is 21.2 Å². The lowest BCUT2D eigenvalue weighted by Crippen LogP contribution is -2.45. The molecule has 1 heterocycles. The van der Waals surface area contributed by atoms with Crippen LogP contribution in [0.2, 0.25) is 0 Å². The van der Waals surface area contributed by atoms with Gasteiger partial charge in [-0.05, 0) is 49.8 Å². The third kappa shape index (κ3) is 6.60. The summed E-state index contributed by atoms with van der Waals surface area (Å²) in [5, 5.41) is 20.9. The van der Waals surface area contributed by atoms with E-state index in [1.54, 1.807) is 38.1 Å². The Kier molecular flexibility index (Phi) is 8.46. The molecule has 0 spiro atoms. The number of nitrogens with one attached hydrogen (secondary N) is 3. The van der Waals surface area contributed by atoms with Crippen molar-refractivity contribution in [2.45, 2.75) is 19.9 Å². The Morgan fingerprint density at radius 2 is 1.94 bits per heavy atom. The monoisotopic (exact) mass is 497 g/mol. The van der Waals surface area contributed by atoms with Crippen LogP contribution in [0.15, 0.2) is 64.9 Å². The van der Waals surface area contributed by atoms with Gasteiger partial charge in [-0.2, -0.15) is 5.10 Å². The number of para-hydroxylation sites is 1. The van der Waals surface area contributed by atoms with Gasteiger partial charge in [0.25, 0.3) is 11.6 Å². The summed E-state index contributed by atoms with van der Waals surface area (Å²) in [6, 6.07) is 12.0. The summed E-state index contributed by atoms with van der Waals surface area (Å²) >= 11 is 5.26. The minimum absolute atomic E-state index is 0.0431. The van der Waals surface area contributed by atoms with Crippen LogP contribution in [0.4, 0.5) is 5.69 Å². The zero-order valence-corrected chi connectivity index (χ0v) is 19.8. The second-order valence-electron chi connectivity index (χ2n) is 7.26. The molecule has 0 radical (unpaired) electrons. The number of benzene rings is 2.